The van der Waals surface area contributed by atoms with E-state index in [0.717, 1.165) is 30.5 Å². The van der Waals surface area contributed by atoms with Crippen molar-refractivity contribution in [2.45, 2.75) is 51.5 Å². The summed E-state index contributed by atoms with van der Waals surface area (Å²) in [6.45, 7) is 7.00. The smallest absolute Gasteiger partial charge is 0.173 e. The van der Waals surface area contributed by atoms with Crippen LogP contribution in [0.3, 0.4) is 0 Å². The standard InChI is InChI=1S/C15H24BrNO/c1-3-5-6-7-8-9-14(17-11-4-2)13-10-12-18-15(13)16/h3,10,12,14,17H,1,4-9,11H2,2H3. The van der Waals surface area contributed by atoms with E-state index in [9.17, 15) is 0 Å². The Kier molecular flexibility index (Phi) is 8.10. The molecule has 1 heterocycles. The fourth-order valence-electron chi connectivity index (χ4n) is 2.05. The first-order valence-electron chi connectivity index (χ1n) is 6.86. The molecule has 0 aliphatic heterocycles. The van der Waals surface area contributed by atoms with Gasteiger partial charge in [-0.3, -0.25) is 0 Å². The predicted molar refractivity (Wildman–Crippen MR) is 80.7 cm³/mol. The summed E-state index contributed by atoms with van der Waals surface area (Å²) in [5.41, 5.74) is 1.24. The molecule has 0 aliphatic rings. The number of furan rings is 1. The number of hydrogen-bond donors (Lipinski definition) is 1. The summed E-state index contributed by atoms with van der Waals surface area (Å²) in [5, 5.41) is 3.59. The predicted octanol–water partition coefficient (Wildman–Crippen LogP) is 5.22. The van der Waals surface area contributed by atoms with Crippen LogP contribution in [0.4, 0.5) is 0 Å². The highest BCUT2D eigenvalue weighted by Crippen LogP contribution is 2.28. The van der Waals surface area contributed by atoms with Crippen LogP contribution in [-0.4, -0.2) is 6.54 Å². The topological polar surface area (TPSA) is 25.2 Å². The number of allylic oxidation sites excluding steroid dienone is 1. The molecule has 0 bridgehead atoms. The fourth-order valence-corrected chi connectivity index (χ4v) is 2.57. The molecule has 1 N–H and O–H groups in total. The first-order chi connectivity index (χ1) is 8.79. The highest BCUT2D eigenvalue weighted by molar-refractivity contribution is 9.10. The molecule has 0 amide bonds. The second kappa shape index (κ2) is 9.40. The van der Waals surface area contributed by atoms with Crippen molar-refractivity contribution in [3.05, 3.63) is 35.2 Å². The Bertz CT molecular complexity index is 335. The number of rotatable bonds is 10. The van der Waals surface area contributed by atoms with Crippen LogP contribution in [0.15, 0.2) is 34.1 Å². The van der Waals surface area contributed by atoms with Gasteiger partial charge in [0.1, 0.15) is 0 Å². The SMILES string of the molecule is C=CCCCCCC(NCCC)c1ccoc1Br. The average molecular weight is 314 g/mol. The number of hydrogen-bond acceptors (Lipinski definition) is 2. The van der Waals surface area contributed by atoms with Gasteiger partial charge in [0.15, 0.2) is 4.67 Å². The van der Waals surface area contributed by atoms with Crippen molar-refractivity contribution in [2.75, 3.05) is 6.54 Å². The van der Waals surface area contributed by atoms with E-state index in [1.54, 1.807) is 6.26 Å². The van der Waals surface area contributed by atoms with Crippen LogP contribution in [0.1, 0.15) is 57.1 Å². The summed E-state index contributed by atoms with van der Waals surface area (Å²) < 4.78 is 6.20. The molecule has 3 heteroatoms. The summed E-state index contributed by atoms with van der Waals surface area (Å²) in [6.07, 6.45) is 11.0. The molecule has 0 aliphatic carbocycles. The lowest BCUT2D eigenvalue weighted by Crippen LogP contribution is -2.22. The Morgan fingerprint density at radius 3 is 2.89 bits per heavy atom. The zero-order chi connectivity index (χ0) is 13.2. The first kappa shape index (κ1) is 15.5. The molecule has 1 aromatic heterocycles. The minimum atomic E-state index is 0.404. The average Bonchev–Trinajstić information content (AvgIpc) is 2.79. The number of halogens is 1. The fraction of sp³-hybridized carbons (Fsp3) is 0.600. The van der Waals surface area contributed by atoms with Crippen molar-refractivity contribution in [3.63, 3.8) is 0 Å². The second-order valence-electron chi connectivity index (χ2n) is 4.58. The second-order valence-corrected chi connectivity index (χ2v) is 5.30. The van der Waals surface area contributed by atoms with E-state index in [0.29, 0.717) is 6.04 Å². The van der Waals surface area contributed by atoms with Crippen molar-refractivity contribution >= 4 is 15.9 Å². The van der Waals surface area contributed by atoms with E-state index in [1.165, 1.54) is 24.8 Å². The Morgan fingerprint density at radius 1 is 1.44 bits per heavy atom. The molecular weight excluding hydrogens is 290 g/mol. The van der Waals surface area contributed by atoms with Crippen molar-refractivity contribution in [2.24, 2.45) is 0 Å². The Labute approximate surface area is 119 Å². The van der Waals surface area contributed by atoms with E-state index in [-0.39, 0.29) is 0 Å². The van der Waals surface area contributed by atoms with E-state index in [4.69, 9.17) is 4.42 Å². The van der Waals surface area contributed by atoms with Gasteiger partial charge in [0.2, 0.25) is 0 Å². The van der Waals surface area contributed by atoms with Gasteiger partial charge in [-0.2, -0.15) is 0 Å². The molecule has 0 aromatic carbocycles. The van der Waals surface area contributed by atoms with Gasteiger partial charge in [-0.25, -0.2) is 0 Å². The molecule has 1 atom stereocenters. The number of nitrogens with one attached hydrogen (secondary N) is 1. The van der Waals surface area contributed by atoms with Crippen molar-refractivity contribution in [1.82, 2.24) is 5.32 Å². The molecule has 0 spiro atoms. The molecule has 0 saturated carbocycles. The van der Waals surface area contributed by atoms with Crippen molar-refractivity contribution in [1.29, 1.82) is 0 Å². The summed E-state index contributed by atoms with van der Waals surface area (Å²) in [6, 6.07) is 2.46. The molecule has 1 rings (SSSR count). The van der Waals surface area contributed by atoms with Gasteiger partial charge >= 0.3 is 0 Å². The van der Waals surface area contributed by atoms with Crippen molar-refractivity contribution < 1.29 is 4.42 Å². The van der Waals surface area contributed by atoms with Gasteiger partial charge < -0.3 is 9.73 Å². The third kappa shape index (κ3) is 5.40. The van der Waals surface area contributed by atoms with Crippen LogP contribution in [0.25, 0.3) is 0 Å². The molecular formula is C15H24BrNO. The summed E-state index contributed by atoms with van der Waals surface area (Å²) >= 11 is 3.47. The maximum atomic E-state index is 5.33. The number of unbranched alkanes of at least 4 members (excludes halogenated alkanes) is 3. The van der Waals surface area contributed by atoms with Crippen LogP contribution in [0.5, 0.6) is 0 Å². The Balaban J connectivity index is 2.41. The summed E-state index contributed by atoms with van der Waals surface area (Å²) in [5.74, 6) is 0. The van der Waals surface area contributed by atoms with Crippen LogP contribution in [0.2, 0.25) is 0 Å². The van der Waals surface area contributed by atoms with Gasteiger partial charge in [0.05, 0.1) is 6.26 Å². The quantitative estimate of drug-likeness (QED) is 0.473. The van der Waals surface area contributed by atoms with Gasteiger partial charge in [-0.15, -0.1) is 6.58 Å². The van der Waals surface area contributed by atoms with Crippen LogP contribution in [-0.2, 0) is 0 Å². The van der Waals surface area contributed by atoms with Gasteiger partial charge in [0.25, 0.3) is 0 Å². The minimum Gasteiger partial charge on any atom is -0.457 e. The largest absolute Gasteiger partial charge is 0.457 e. The van der Waals surface area contributed by atoms with Crippen LogP contribution < -0.4 is 5.32 Å². The molecule has 0 radical (unpaired) electrons. The maximum Gasteiger partial charge on any atom is 0.173 e. The zero-order valence-corrected chi connectivity index (χ0v) is 12.8. The monoisotopic (exact) mass is 313 g/mol. The lowest BCUT2D eigenvalue weighted by Gasteiger charge is -2.17. The third-order valence-corrected chi connectivity index (χ3v) is 3.71. The van der Waals surface area contributed by atoms with Gasteiger partial charge in [-0.05, 0) is 54.2 Å². The Morgan fingerprint density at radius 2 is 2.28 bits per heavy atom. The molecule has 102 valence electrons. The van der Waals surface area contributed by atoms with E-state index in [1.807, 2.05) is 6.08 Å². The molecule has 1 unspecified atom stereocenters. The normalized spacial score (nSPS) is 12.6. The van der Waals surface area contributed by atoms with Crippen molar-refractivity contribution in [3.8, 4) is 0 Å². The minimum absolute atomic E-state index is 0.404. The molecule has 18 heavy (non-hydrogen) atoms. The van der Waals surface area contributed by atoms with E-state index >= 15 is 0 Å². The molecule has 1 aromatic rings. The summed E-state index contributed by atoms with van der Waals surface area (Å²) in [7, 11) is 0. The van der Waals surface area contributed by atoms with Gasteiger partial charge in [-0.1, -0.05) is 25.8 Å². The van der Waals surface area contributed by atoms with Crippen LogP contribution >= 0.6 is 15.9 Å². The lowest BCUT2D eigenvalue weighted by atomic mass is 10.0. The van der Waals surface area contributed by atoms with E-state index in [2.05, 4.69) is 40.8 Å². The summed E-state index contributed by atoms with van der Waals surface area (Å²) in [4.78, 5) is 0. The first-order valence-corrected chi connectivity index (χ1v) is 7.66. The molecule has 2 nitrogen and oxygen atoms in total. The molecule has 0 saturated heterocycles. The molecule has 0 fully saturated rings. The zero-order valence-electron chi connectivity index (χ0n) is 11.3. The van der Waals surface area contributed by atoms with E-state index < -0.39 is 0 Å². The lowest BCUT2D eigenvalue weighted by molar-refractivity contribution is 0.458. The highest BCUT2D eigenvalue weighted by atomic mass is 79.9. The van der Waals surface area contributed by atoms with Crippen LogP contribution in [0, 0.1) is 0 Å². The third-order valence-electron chi connectivity index (χ3n) is 3.06. The van der Waals surface area contributed by atoms with Gasteiger partial charge in [0, 0.05) is 11.6 Å². The maximum absolute atomic E-state index is 5.33. The highest BCUT2D eigenvalue weighted by Gasteiger charge is 2.15. The Hall–Kier alpha value is -0.540.